The summed E-state index contributed by atoms with van der Waals surface area (Å²) in [7, 11) is 0. The third kappa shape index (κ3) is 2.73. The number of para-hydroxylation sites is 1. The van der Waals surface area contributed by atoms with Crippen LogP contribution in [0.1, 0.15) is 0 Å². The Morgan fingerprint density at radius 3 is 2.65 bits per heavy atom. The van der Waals surface area contributed by atoms with Crippen LogP contribution in [0.15, 0.2) is 73.7 Å². The molecule has 4 rings (SSSR count). The predicted octanol–water partition coefficient (Wildman–Crippen LogP) is 5.35. The number of aromatic nitrogens is 1. The minimum absolute atomic E-state index is 0.361. The van der Waals surface area contributed by atoms with Crippen LogP contribution in [0.5, 0.6) is 0 Å². The van der Waals surface area contributed by atoms with Gasteiger partial charge in [0.2, 0.25) is 0 Å². The van der Waals surface area contributed by atoms with Crippen molar-refractivity contribution in [1.82, 2.24) is 4.98 Å². The summed E-state index contributed by atoms with van der Waals surface area (Å²) in [6.45, 7) is 0. The molecule has 112 valence electrons. The van der Waals surface area contributed by atoms with E-state index in [-0.39, 0.29) is 5.63 Å². The molecule has 0 fully saturated rings. The fraction of sp³-hybridized carbons (Fsp3) is 0. The third-order valence-electron chi connectivity index (χ3n) is 3.52. The molecular formula is C18H10BrNO2S. The lowest BCUT2D eigenvalue weighted by molar-refractivity contribution is 0.563. The van der Waals surface area contributed by atoms with E-state index in [1.807, 2.05) is 53.9 Å². The second-order valence-electron chi connectivity index (χ2n) is 5.03. The SMILES string of the molecule is O=c1oc2ccccc2cc1-c1nc(-c2ccc(Br)cc2)cs1. The Morgan fingerprint density at radius 1 is 1.04 bits per heavy atom. The molecule has 23 heavy (non-hydrogen) atoms. The highest BCUT2D eigenvalue weighted by Crippen LogP contribution is 2.29. The molecule has 2 aromatic heterocycles. The summed E-state index contributed by atoms with van der Waals surface area (Å²) in [5.74, 6) is 0. The lowest BCUT2D eigenvalue weighted by atomic mass is 10.2. The van der Waals surface area contributed by atoms with Gasteiger partial charge in [0.1, 0.15) is 10.6 Å². The summed E-state index contributed by atoms with van der Waals surface area (Å²) in [5.41, 5.74) is 2.59. The number of hydrogen-bond donors (Lipinski definition) is 0. The topological polar surface area (TPSA) is 43.1 Å². The molecule has 0 spiro atoms. The van der Waals surface area contributed by atoms with Crippen molar-refractivity contribution in [2.45, 2.75) is 0 Å². The number of hydrogen-bond acceptors (Lipinski definition) is 4. The highest BCUT2D eigenvalue weighted by Gasteiger charge is 2.12. The predicted molar refractivity (Wildman–Crippen MR) is 96.7 cm³/mol. The highest BCUT2D eigenvalue weighted by molar-refractivity contribution is 9.10. The van der Waals surface area contributed by atoms with Gasteiger partial charge in [-0.25, -0.2) is 9.78 Å². The zero-order chi connectivity index (χ0) is 15.8. The van der Waals surface area contributed by atoms with E-state index in [0.29, 0.717) is 16.2 Å². The van der Waals surface area contributed by atoms with Gasteiger partial charge in [-0.2, -0.15) is 0 Å². The largest absolute Gasteiger partial charge is 0.422 e. The number of thiazole rings is 1. The van der Waals surface area contributed by atoms with Crippen molar-refractivity contribution in [3.63, 3.8) is 0 Å². The van der Waals surface area contributed by atoms with Gasteiger partial charge in [0.05, 0.1) is 11.3 Å². The maximum absolute atomic E-state index is 12.2. The van der Waals surface area contributed by atoms with Crippen LogP contribution in [-0.4, -0.2) is 4.98 Å². The Kier molecular flexibility index (Phi) is 3.59. The zero-order valence-corrected chi connectivity index (χ0v) is 14.2. The van der Waals surface area contributed by atoms with Crippen LogP contribution >= 0.6 is 27.3 Å². The lowest BCUT2D eigenvalue weighted by Gasteiger charge is -1.99. The molecule has 0 unspecified atom stereocenters. The van der Waals surface area contributed by atoms with Crippen molar-refractivity contribution in [2.75, 3.05) is 0 Å². The van der Waals surface area contributed by atoms with E-state index in [0.717, 1.165) is 21.1 Å². The van der Waals surface area contributed by atoms with E-state index >= 15 is 0 Å². The van der Waals surface area contributed by atoms with Gasteiger partial charge in [-0.1, -0.05) is 46.3 Å². The molecule has 0 N–H and O–H groups in total. The van der Waals surface area contributed by atoms with E-state index in [4.69, 9.17) is 4.42 Å². The van der Waals surface area contributed by atoms with Crippen molar-refractivity contribution in [3.05, 3.63) is 74.9 Å². The zero-order valence-electron chi connectivity index (χ0n) is 11.8. The van der Waals surface area contributed by atoms with Crippen molar-refractivity contribution in [1.29, 1.82) is 0 Å². The fourth-order valence-electron chi connectivity index (χ4n) is 2.36. The Balaban J connectivity index is 1.81. The van der Waals surface area contributed by atoms with Gasteiger partial charge in [-0.15, -0.1) is 11.3 Å². The fourth-order valence-corrected chi connectivity index (χ4v) is 3.46. The summed E-state index contributed by atoms with van der Waals surface area (Å²) in [6, 6.07) is 17.2. The van der Waals surface area contributed by atoms with Crippen LogP contribution in [0.2, 0.25) is 0 Å². The molecule has 2 aromatic carbocycles. The summed E-state index contributed by atoms with van der Waals surface area (Å²) < 4.78 is 6.40. The molecule has 0 aliphatic heterocycles. The molecule has 0 aliphatic carbocycles. The van der Waals surface area contributed by atoms with Gasteiger partial charge >= 0.3 is 5.63 Å². The number of fused-ring (bicyclic) bond motifs is 1. The maximum atomic E-state index is 12.2. The summed E-state index contributed by atoms with van der Waals surface area (Å²) in [5, 5.41) is 3.51. The summed E-state index contributed by atoms with van der Waals surface area (Å²) in [4.78, 5) is 16.8. The molecule has 4 aromatic rings. The third-order valence-corrected chi connectivity index (χ3v) is 4.92. The molecular weight excluding hydrogens is 374 g/mol. The first-order valence-electron chi connectivity index (χ1n) is 6.95. The average molecular weight is 384 g/mol. The Bertz CT molecular complexity index is 1050. The smallest absolute Gasteiger partial charge is 0.346 e. The van der Waals surface area contributed by atoms with Crippen LogP contribution < -0.4 is 5.63 Å². The molecule has 0 amide bonds. The molecule has 0 radical (unpaired) electrons. The summed E-state index contributed by atoms with van der Waals surface area (Å²) >= 11 is 4.86. The van der Waals surface area contributed by atoms with Gasteiger partial charge in [-0.3, -0.25) is 0 Å². The number of rotatable bonds is 2. The quantitative estimate of drug-likeness (QED) is 0.438. The molecule has 0 atom stereocenters. The maximum Gasteiger partial charge on any atom is 0.346 e. The molecule has 0 aliphatic rings. The van der Waals surface area contributed by atoms with Gasteiger partial charge in [0.25, 0.3) is 0 Å². The normalized spacial score (nSPS) is 11.0. The monoisotopic (exact) mass is 383 g/mol. The lowest BCUT2D eigenvalue weighted by Crippen LogP contribution is -2.02. The van der Waals surface area contributed by atoms with Crippen molar-refractivity contribution in [2.24, 2.45) is 0 Å². The summed E-state index contributed by atoms with van der Waals surface area (Å²) in [6.07, 6.45) is 0. The molecule has 2 heterocycles. The second-order valence-corrected chi connectivity index (χ2v) is 6.80. The molecule has 0 saturated heterocycles. The first-order valence-corrected chi connectivity index (χ1v) is 8.63. The minimum Gasteiger partial charge on any atom is -0.422 e. The van der Waals surface area contributed by atoms with Gasteiger partial charge < -0.3 is 4.42 Å². The molecule has 3 nitrogen and oxygen atoms in total. The Hall–Kier alpha value is -2.24. The van der Waals surface area contributed by atoms with E-state index in [9.17, 15) is 4.79 Å². The van der Waals surface area contributed by atoms with Crippen molar-refractivity contribution in [3.8, 4) is 21.8 Å². The Labute approximate surface area is 144 Å². The first-order chi connectivity index (χ1) is 11.2. The van der Waals surface area contributed by atoms with Crippen LogP contribution in [0.3, 0.4) is 0 Å². The van der Waals surface area contributed by atoms with Crippen LogP contribution in [0.4, 0.5) is 0 Å². The average Bonchev–Trinajstić information content (AvgIpc) is 3.04. The highest BCUT2D eigenvalue weighted by atomic mass is 79.9. The van der Waals surface area contributed by atoms with Crippen molar-refractivity contribution < 1.29 is 4.42 Å². The Morgan fingerprint density at radius 2 is 1.83 bits per heavy atom. The van der Waals surface area contributed by atoms with Crippen molar-refractivity contribution >= 4 is 38.2 Å². The number of benzene rings is 2. The van der Waals surface area contributed by atoms with E-state index in [1.165, 1.54) is 11.3 Å². The van der Waals surface area contributed by atoms with E-state index in [2.05, 4.69) is 20.9 Å². The first kappa shape index (κ1) is 14.4. The molecule has 0 saturated carbocycles. The number of halogens is 1. The minimum atomic E-state index is -0.361. The van der Waals surface area contributed by atoms with Crippen LogP contribution in [0.25, 0.3) is 32.8 Å². The standard InChI is InChI=1S/C18H10BrNO2S/c19-13-7-5-11(6-8-13)15-10-23-17(20-15)14-9-12-3-1-2-4-16(12)22-18(14)21/h1-10H. The van der Waals surface area contributed by atoms with E-state index < -0.39 is 0 Å². The molecule has 0 bridgehead atoms. The number of nitrogens with zero attached hydrogens (tertiary/aromatic N) is 1. The van der Waals surface area contributed by atoms with Gasteiger partial charge in [0, 0.05) is 20.8 Å². The molecule has 5 heteroatoms. The van der Waals surface area contributed by atoms with Crippen LogP contribution in [-0.2, 0) is 0 Å². The second kappa shape index (κ2) is 5.76. The van der Waals surface area contributed by atoms with Crippen LogP contribution in [0, 0.1) is 0 Å². The van der Waals surface area contributed by atoms with Gasteiger partial charge in [-0.05, 0) is 24.3 Å². The van der Waals surface area contributed by atoms with Gasteiger partial charge in [0.15, 0.2) is 0 Å². The van der Waals surface area contributed by atoms with E-state index in [1.54, 1.807) is 6.07 Å².